The molecule has 2 heteroatoms. The number of aliphatic hydroxyl groups is 2. The third-order valence-corrected chi connectivity index (χ3v) is 7.87. The number of hydrogen-bond acceptors (Lipinski definition) is 2. The molecular weight excluding hydrogens is 332 g/mol. The zero-order chi connectivity index (χ0) is 19.8. The van der Waals surface area contributed by atoms with Crippen molar-refractivity contribution in [2.45, 2.75) is 91.3 Å². The maximum atomic E-state index is 10.1. The minimum atomic E-state index is -0.595. The highest BCUT2D eigenvalue weighted by molar-refractivity contribution is 5.29. The van der Waals surface area contributed by atoms with Gasteiger partial charge in [-0.3, -0.25) is 0 Å². The molecule has 3 rings (SSSR count). The summed E-state index contributed by atoms with van der Waals surface area (Å²) in [5.41, 5.74) is 3.80. The topological polar surface area (TPSA) is 40.5 Å². The predicted octanol–water partition coefficient (Wildman–Crippen LogP) is 5.81. The molecule has 0 aromatic rings. The van der Waals surface area contributed by atoms with E-state index in [1.165, 1.54) is 38.5 Å². The van der Waals surface area contributed by atoms with Gasteiger partial charge in [0, 0.05) is 0 Å². The summed E-state index contributed by atoms with van der Waals surface area (Å²) in [5, 5.41) is 20.2. The molecule has 0 amide bonds. The smallest absolute Gasteiger partial charge is 0.0809 e. The fourth-order valence-corrected chi connectivity index (χ4v) is 6.55. The van der Waals surface area contributed by atoms with Gasteiger partial charge in [0.1, 0.15) is 0 Å². The van der Waals surface area contributed by atoms with Gasteiger partial charge in [0.05, 0.1) is 12.2 Å². The van der Waals surface area contributed by atoms with Gasteiger partial charge >= 0.3 is 0 Å². The van der Waals surface area contributed by atoms with Crippen LogP contribution in [0.4, 0.5) is 0 Å². The molecule has 3 unspecified atom stereocenters. The quantitative estimate of drug-likeness (QED) is 0.611. The first-order chi connectivity index (χ1) is 12.7. The fourth-order valence-electron chi connectivity index (χ4n) is 6.55. The number of hydrogen-bond donors (Lipinski definition) is 2. The van der Waals surface area contributed by atoms with Crippen LogP contribution in [0.2, 0.25) is 0 Å². The highest BCUT2D eigenvalue weighted by Crippen LogP contribution is 2.60. The summed E-state index contributed by atoms with van der Waals surface area (Å²) in [4.78, 5) is 0. The van der Waals surface area contributed by atoms with E-state index in [1.54, 1.807) is 5.57 Å². The van der Waals surface area contributed by atoms with E-state index < -0.39 is 12.2 Å². The first kappa shape index (κ1) is 20.9. The summed E-state index contributed by atoms with van der Waals surface area (Å²) in [6, 6.07) is 0. The van der Waals surface area contributed by atoms with E-state index in [4.69, 9.17) is 0 Å². The Morgan fingerprint density at radius 3 is 2.41 bits per heavy atom. The lowest BCUT2D eigenvalue weighted by Crippen LogP contribution is -2.36. The second-order valence-electron chi connectivity index (χ2n) is 10.3. The summed E-state index contributed by atoms with van der Waals surface area (Å²) < 4.78 is 0. The zero-order valence-corrected chi connectivity index (χ0v) is 17.9. The van der Waals surface area contributed by atoms with Crippen LogP contribution < -0.4 is 0 Å². The Bertz CT molecular complexity index is 598. The minimum absolute atomic E-state index is 0.455. The van der Waals surface area contributed by atoms with Gasteiger partial charge in [0.15, 0.2) is 0 Å². The predicted molar refractivity (Wildman–Crippen MR) is 113 cm³/mol. The Morgan fingerprint density at radius 2 is 1.78 bits per heavy atom. The SMILES string of the molecule is C=C1[C@H](O)CC(=C/C=C2\CCC[C@]3(C)C2CCC3C(C)CC(C)C)C[C@H]1O. The van der Waals surface area contributed by atoms with E-state index in [-0.39, 0.29) is 0 Å². The van der Waals surface area contributed by atoms with Crippen molar-refractivity contribution in [2.75, 3.05) is 0 Å². The molecule has 0 aromatic heterocycles. The average Bonchev–Trinajstić information content (AvgIpc) is 2.94. The molecule has 6 atom stereocenters. The van der Waals surface area contributed by atoms with Crippen molar-refractivity contribution in [3.05, 3.63) is 35.5 Å². The number of rotatable bonds is 4. The third kappa shape index (κ3) is 4.27. The zero-order valence-electron chi connectivity index (χ0n) is 17.9. The van der Waals surface area contributed by atoms with Crippen LogP contribution in [-0.2, 0) is 0 Å². The lowest BCUT2D eigenvalue weighted by molar-refractivity contribution is 0.0893. The molecule has 0 spiro atoms. The van der Waals surface area contributed by atoms with Gasteiger partial charge in [-0.05, 0) is 86.0 Å². The van der Waals surface area contributed by atoms with Crippen molar-refractivity contribution in [1.82, 2.24) is 0 Å². The van der Waals surface area contributed by atoms with E-state index in [9.17, 15) is 10.2 Å². The molecule has 3 aliphatic carbocycles. The summed E-state index contributed by atoms with van der Waals surface area (Å²) >= 11 is 0. The second kappa shape index (κ2) is 8.25. The highest BCUT2D eigenvalue weighted by atomic mass is 16.3. The molecule has 3 aliphatic rings. The molecule has 152 valence electrons. The van der Waals surface area contributed by atoms with Gasteiger partial charge in [0.2, 0.25) is 0 Å². The molecule has 0 heterocycles. The number of fused-ring (bicyclic) bond motifs is 1. The molecular formula is C25H40O2. The first-order valence-electron chi connectivity index (χ1n) is 11.2. The van der Waals surface area contributed by atoms with Crippen molar-refractivity contribution in [1.29, 1.82) is 0 Å². The van der Waals surface area contributed by atoms with E-state index in [2.05, 4.69) is 46.4 Å². The van der Waals surface area contributed by atoms with Gasteiger partial charge in [-0.2, -0.15) is 0 Å². The standard InChI is InChI=1S/C25H40O2/c1-16(2)13-17(3)21-10-11-22-20(7-6-12-25(21,22)5)9-8-19-14-23(26)18(4)24(27)15-19/h8-9,16-17,21-24,26-27H,4,6-7,10-15H2,1-3,5H3/b20-9+/t17?,21?,22?,23-,24-,25+/m1/s1. The molecule has 3 fully saturated rings. The van der Waals surface area contributed by atoms with Crippen LogP contribution in [0, 0.1) is 29.1 Å². The van der Waals surface area contributed by atoms with Gasteiger partial charge in [0.25, 0.3) is 0 Å². The molecule has 0 aliphatic heterocycles. The van der Waals surface area contributed by atoms with E-state index in [0.717, 1.165) is 29.2 Å². The fraction of sp³-hybridized carbons (Fsp3) is 0.760. The monoisotopic (exact) mass is 372 g/mol. The van der Waals surface area contributed by atoms with Crippen LogP contribution in [0.1, 0.15) is 79.1 Å². The van der Waals surface area contributed by atoms with Crippen molar-refractivity contribution < 1.29 is 10.2 Å². The van der Waals surface area contributed by atoms with Crippen molar-refractivity contribution in [3.63, 3.8) is 0 Å². The summed E-state index contributed by atoms with van der Waals surface area (Å²) in [6.45, 7) is 13.6. The summed E-state index contributed by atoms with van der Waals surface area (Å²) in [5.74, 6) is 3.16. The van der Waals surface area contributed by atoms with Crippen LogP contribution >= 0.6 is 0 Å². The van der Waals surface area contributed by atoms with Crippen molar-refractivity contribution in [2.24, 2.45) is 29.1 Å². The summed E-state index contributed by atoms with van der Waals surface area (Å²) in [7, 11) is 0. The lowest BCUT2D eigenvalue weighted by atomic mass is 9.60. The molecule has 27 heavy (non-hydrogen) atoms. The highest BCUT2D eigenvalue weighted by Gasteiger charge is 2.50. The maximum absolute atomic E-state index is 10.1. The Hall–Kier alpha value is -0.860. The third-order valence-electron chi connectivity index (χ3n) is 7.87. The van der Waals surface area contributed by atoms with Crippen LogP contribution in [0.15, 0.2) is 35.5 Å². The normalized spacial score (nSPS) is 39.7. The lowest BCUT2D eigenvalue weighted by Gasteiger charge is -2.44. The number of allylic oxidation sites excluding steroid dienone is 3. The first-order valence-corrected chi connectivity index (χ1v) is 11.2. The Balaban J connectivity index is 1.76. The average molecular weight is 373 g/mol. The van der Waals surface area contributed by atoms with E-state index in [0.29, 0.717) is 23.8 Å². The maximum Gasteiger partial charge on any atom is 0.0809 e. The van der Waals surface area contributed by atoms with E-state index >= 15 is 0 Å². The molecule has 0 bridgehead atoms. The molecule has 3 saturated carbocycles. The Labute approximate surface area is 166 Å². The Morgan fingerprint density at radius 1 is 1.11 bits per heavy atom. The van der Waals surface area contributed by atoms with Crippen molar-refractivity contribution >= 4 is 0 Å². The van der Waals surface area contributed by atoms with Crippen LogP contribution in [0.25, 0.3) is 0 Å². The molecule has 0 saturated heterocycles. The Kier molecular flexibility index (Phi) is 6.37. The van der Waals surface area contributed by atoms with Crippen LogP contribution in [0.5, 0.6) is 0 Å². The van der Waals surface area contributed by atoms with Crippen LogP contribution in [-0.4, -0.2) is 22.4 Å². The summed E-state index contributed by atoms with van der Waals surface area (Å²) in [6.07, 6.45) is 12.5. The molecule has 0 aromatic carbocycles. The molecule has 2 nitrogen and oxygen atoms in total. The van der Waals surface area contributed by atoms with E-state index in [1.807, 2.05) is 0 Å². The molecule has 2 N–H and O–H groups in total. The van der Waals surface area contributed by atoms with Gasteiger partial charge in [-0.15, -0.1) is 0 Å². The van der Waals surface area contributed by atoms with Crippen molar-refractivity contribution in [3.8, 4) is 0 Å². The van der Waals surface area contributed by atoms with Gasteiger partial charge in [-0.1, -0.05) is 57.6 Å². The number of aliphatic hydroxyl groups excluding tert-OH is 2. The minimum Gasteiger partial charge on any atom is -0.388 e. The molecule has 0 radical (unpaired) electrons. The van der Waals surface area contributed by atoms with Crippen LogP contribution in [0.3, 0.4) is 0 Å². The largest absolute Gasteiger partial charge is 0.388 e. The van der Waals surface area contributed by atoms with Gasteiger partial charge < -0.3 is 10.2 Å². The van der Waals surface area contributed by atoms with Gasteiger partial charge in [-0.25, -0.2) is 0 Å². The second-order valence-corrected chi connectivity index (χ2v) is 10.3.